The molecule has 216 valence electrons. The fraction of sp³-hybridized carbons (Fsp3) is 0.935. The average Bonchev–Trinajstić information content (AvgIpc) is 2.75. The van der Waals surface area contributed by atoms with Crippen molar-refractivity contribution in [2.24, 2.45) is 11.3 Å². The summed E-state index contributed by atoms with van der Waals surface area (Å²) in [5.41, 5.74) is -2.77. The van der Waals surface area contributed by atoms with Crippen LogP contribution in [-0.2, 0) is 14.3 Å². The Labute approximate surface area is 227 Å². The summed E-state index contributed by atoms with van der Waals surface area (Å²) in [5.74, 6) is -1.40. The Morgan fingerprint density at radius 2 is 1.16 bits per heavy atom. The Balaban J connectivity index is 2.67. The van der Waals surface area contributed by atoms with Crippen LogP contribution >= 0.6 is 0 Å². The molecule has 0 atom stereocenters. The lowest BCUT2D eigenvalue weighted by molar-refractivity contribution is -0.220. The maximum absolute atomic E-state index is 14.3. The Morgan fingerprint density at radius 1 is 0.784 bits per heavy atom. The SMILES string of the molecule is CCCCC(CCCC)(C(=O)O)C(=O)OC1(C2CC(C)(C)N(C)C(C)(C)C2)CC(C)(C)N(C)C(C)(C)C1. The van der Waals surface area contributed by atoms with Crippen molar-refractivity contribution >= 4 is 11.9 Å². The van der Waals surface area contributed by atoms with Crippen molar-refractivity contribution in [1.29, 1.82) is 0 Å². The Kier molecular flexibility index (Phi) is 9.35. The number of likely N-dealkylation sites (tertiary alicyclic amines) is 2. The first-order valence-corrected chi connectivity index (χ1v) is 14.7. The number of hydrogen-bond donors (Lipinski definition) is 1. The normalized spacial score (nSPS) is 25.5. The number of rotatable bonds is 10. The average molecular weight is 523 g/mol. The van der Waals surface area contributed by atoms with Gasteiger partial charge in [0, 0.05) is 40.9 Å². The molecule has 0 spiro atoms. The number of carbonyl (C=O) groups is 2. The van der Waals surface area contributed by atoms with Gasteiger partial charge >= 0.3 is 11.9 Å². The zero-order valence-corrected chi connectivity index (χ0v) is 26.2. The molecule has 0 aromatic carbocycles. The lowest BCUT2D eigenvalue weighted by Crippen LogP contribution is -2.70. The molecule has 0 aromatic heterocycles. The minimum absolute atomic E-state index is 0.0717. The van der Waals surface area contributed by atoms with Crippen LogP contribution in [0.4, 0.5) is 0 Å². The van der Waals surface area contributed by atoms with E-state index in [0.717, 1.165) is 25.7 Å². The lowest BCUT2D eigenvalue weighted by atomic mass is 9.59. The number of unbranched alkanes of at least 4 members (excludes halogenated alkanes) is 2. The first-order valence-electron chi connectivity index (χ1n) is 14.7. The third-order valence-corrected chi connectivity index (χ3v) is 10.3. The molecule has 0 aromatic rings. The van der Waals surface area contributed by atoms with E-state index >= 15 is 0 Å². The van der Waals surface area contributed by atoms with Gasteiger partial charge in [-0.1, -0.05) is 39.5 Å². The van der Waals surface area contributed by atoms with E-state index in [2.05, 4.69) is 79.3 Å². The predicted molar refractivity (Wildman–Crippen MR) is 152 cm³/mol. The Morgan fingerprint density at radius 3 is 1.51 bits per heavy atom. The van der Waals surface area contributed by atoms with Gasteiger partial charge in [-0.3, -0.25) is 19.4 Å². The predicted octanol–water partition coefficient (Wildman–Crippen LogP) is 6.90. The summed E-state index contributed by atoms with van der Waals surface area (Å²) in [6, 6.07) is 0. The molecule has 0 bridgehead atoms. The number of carbonyl (C=O) groups excluding carboxylic acids is 1. The molecule has 1 N–H and O–H groups in total. The molecule has 0 radical (unpaired) electrons. The van der Waals surface area contributed by atoms with Crippen molar-refractivity contribution in [2.75, 3.05) is 14.1 Å². The zero-order chi connectivity index (χ0) is 28.7. The maximum Gasteiger partial charge on any atom is 0.324 e. The number of nitrogens with zero attached hydrogens (tertiary/aromatic N) is 2. The lowest BCUT2D eigenvalue weighted by Gasteiger charge is -2.63. The van der Waals surface area contributed by atoms with Gasteiger partial charge in [0.05, 0.1) is 0 Å². The number of hydrogen-bond acceptors (Lipinski definition) is 5. The summed E-state index contributed by atoms with van der Waals surface area (Å²) in [6.45, 7) is 22.2. The summed E-state index contributed by atoms with van der Waals surface area (Å²) < 4.78 is 6.82. The van der Waals surface area contributed by atoms with Gasteiger partial charge in [0.1, 0.15) is 5.60 Å². The van der Waals surface area contributed by atoms with Crippen molar-refractivity contribution in [3.05, 3.63) is 0 Å². The van der Waals surface area contributed by atoms with Crippen LogP contribution < -0.4 is 0 Å². The van der Waals surface area contributed by atoms with Crippen LogP contribution in [0.15, 0.2) is 0 Å². The van der Waals surface area contributed by atoms with Crippen LogP contribution in [0, 0.1) is 11.3 Å². The van der Waals surface area contributed by atoms with Crippen LogP contribution in [-0.4, -0.2) is 68.7 Å². The monoisotopic (exact) mass is 522 g/mol. The quantitative estimate of drug-likeness (QED) is 0.248. The fourth-order valence-corrected chi connectivity index (χ4v) is 7.64. The molecule has 2 rings (SSSR count). The van der Waals surface area contributed by atoms with Crippen molar-refractivity contribution in [3.63, 3.8) is 0 Å². The second-order valence-corrected chi connectivity index (χ2v) is 14.9. The van der Waals surface area contributed by atoms with Crippen LogP contribution in [0.5, 0.6) is 0 Å². The third kappa shape index (κ3) is 6.21. The number of carboxylic acids is 1. The van der Waals surface area contributed by atoms with E-state index in [1.165, 1.54) is 0 Å². The molecule has 2 heterocycles. The van der Waals surface area contributed by atoms with Gasteiger partial charge < -0.3 is 9.84 Å². The van der Waals surface area contributed by atoms with E-state index < -0.39 is 23.0 Å². The number of aliphatic carboxylic acids is 1. The summed E-state index contributed by atoms with van der Waals surface area (Å²) in [7, 11) is 4.36. The molecule has 2 fully saturated rings. The van der Waals surface area contributed by atoms with Gasteiger partial charge in [-0.2, -0.15) is 0 Å². The van der Waals surface area contributed by atoms with Gasteiger partial charge in [-0.05, 0) is 95.2 Å². The van der Waals surface area contributed by atoms with Gasteiger partial charge in [0.2, 0.25) is 0 Å². The molecule has 0 unspecified atom stereocenters. The molecule has 0 amide bonds. The van der Waals surface area contributed by atoms with Crippen LogP contribution in [0.1, 0.15) is 133 Å². The van der Waals surface area contributed by atoms with E-state index in [1.807, 2.05) is 13.8 Å². The van der Waals surface area contributed by atoms with Crippen molar-refractivity contribution in [2.45, 2.75) is 161 Å². The summed E-state index contributed by atoms with van der Waals surface area (Å²) in [6.07, 6.45) is 6.98. The van der Waals surface area contributed by atoms with Crippen molar-refractivity contribution in [1.82, 2.24) is 9.80 Å². The standard InChI is InChI=1S/C31H58N2O4/c1-13-15-17-30(24(34)35,18-16-14-2)25(36)37-31(21-28(7,8)33(12)29(9,10)22-31)23-19-26(3,4)32(11)27(5,6)20-23/h23H,13-22H2,1-12H3,(H,34,35). The molecule has 2 saturated heterocycles. The zero-order valence-electron chi connectivity index (χ0n) is 26.2. The molecule has 6 nitrogen and oxygen atoms in total. The van der Waals surface area contributed by atoms with E-state index in [4.69, 9.17) is 4.74 Å². The van der Waals surface area contributed by atoms with E-state index in [9.17, 15) is 14.7 Å². The molecular formula is C31H58N2O4. The largest absolute Gasteiger partial charge is 0.480 e. The fourth-order valence-electron chi connectivity index (χ4n) is 7.64. The molecule has 2 aliphatic heterocycles. The second-order valence-electron chi connectivity index (χ2n) is 14.9. The highest BCUT2D eigenvalue weighted by Crippen LogP contribution is 2.55. The summed E-state index contributed by atoms with van der Waals surface area (Å²) in [4.78, 5) is 32.0. The molecule has 0 aliphatic carbocycles. The van der Waals surface area contributed by atoms with Crippen LogP contribution in [0.25, 0.3) is 0 Å². The minimum Gasteiger partial charge on any atom is -0.480 e. The van der Waals surface area contributed by atoms with Gasteiger partial charge in [0.15, 0.2) is 5.41 Å². The smallest absolute Gasteiger partial charge is 0.324 e. The molecule has 2 aliphatic rings. The highest BCUT2D eigenvalue weighted by molar-refractivity contribution is 5.99. The first kappa shape index (κ1) is 32.1. The molecule has 0 saturated carbocycles. The Hall–Kier alpha value is -1.14. The number of esters is 1. The summed E-state index contributed by atoms with van der Waals surface area (Å²) >= 11 is 0. The van der Waals surface area contributed by atoms with E-state index in [0.29, 0.717) is 38.5 Å². The Bertz CT molecular complexity index is 785. The van der Waals surface area contributed by atoms with Crippen molar-refractivity contribution < 1.29 is 19.4 Å². The van der Waals surface area contributed by atoms with E-state index in [-0.39, 0.29) is 28.1 Å². The second kappa shape index (κ2) is 10.8. The third-order valence-electron chi connectivity index (χ3n) is 10.3. The topological polar surface area (TPSA) is 70.1 Å². The summed E-state index contributed by atoms with van der Waals surface area (Å²) in [5, 5.41) is 10.5. The van der Waals surface area contributed by atoms with Gasteiger partial charge in [-0.15, -0.1) is 0 Å². The first-order chi connectivity index (χ1) is 16.7. The maximum atomic E-state index is 14.3. The minimum atomic E-state index is -1.48. The molecular weight excluding hydrogens is 464 g/mol. The number of carboxylic acid groups (broad SMARTS) is 1. The van der Waals surface area contributed by atoms with Crippen molar-refractivity contribution in [3.8, 4) is 0 Å². The van der Waals surface area contributed by atoms with E-state index in [1.54, 1.807) is 0 Å². The van der Waals surface area contributed by atoms with Crippen LogP contribution in [0.3, 0.4) is 0 Å². The number of piperidine rings is 2. The number of ether oxygens (including phenoxy) is 1. The van der Waals surface area contributed by atoms with Crippen LogP contribution in [0.2, 0.25) is 0 Å². The molecule has 6 heteroatoms. The highest BCUT2D eigenvalue weighted by atomic mass is 16.6. The highest BCUT2D eigenvalue weighted by Gasteiger charge is 2.61. The van der Waals surface area contributed by atoms with Gasteiger partial charge in [0.25, 0.3) is 0 Å². The molecule has 37 heavy (non-hydrogen) atoms. The van der Waals surface area contributed by atoms with Gasteiger partial charge in [-0.25, -0.2) is 0 Å².